The van der Waals surface area contributed by atoms with Gasteiger partial charge in [0.05, 0.1) is 21.3 Å². The van der Waals surface area contributed by atoms with Gasteiger partial charge in [0.25, 0.3) is 0 Å². The lowest BCUT2D eigenvalue weighted by molar-refractivity contribution is -0.137. The fraction of sp³-hybridized carbons (Fsp3) is 0.0833. The molecular formula is C12H6Cl3F3N2. The van der Waals surface area contributed by atoms with Gasteiger partial charge in [0.15, 0.2) is 0 Å². The molecule has 0 aliphatic carbocycles. The van der Waals surface area contributed by atoms with Gasteiger partial charge in [-0.25, -0.2) is 4.98 Å². The van der Waals surface area contributed by atoms with E-state index in [4.69, 9.17) is 34.8 Å². The predicted molar refractivity (Wildman–Crippen MR) is 74.0 cm³/mol. The number of anilines is 2. The molecule has 2 rings (SSSR count). The molecule has 2 aromatic rings. The van der Waals surface area contributed by atoms with Gasteiger partial charge in [0.2, 0.25) is 0 Å². The third-order valence-electron chi connectivity index (χ3n) is 2.34. The van der Waals surface area contributed by atoms with E-state index in [2.05, 4.69) is 10.3 Å². The molecule has 0 aliphatic heterocycles. The zero-order chi connectivity index (χ0) is 14.9. The van der Waals surface area contributed by atoms with Crippen molar-refractivity contribution < 1.29 is 13.2 Å². The number of benzene rings is 1. The van der Waals surface area contributed by atoms with Gasteiger partial charge < -0.3 is 5.32 Å². The van der Waals surface area contributed by atoms with E-state index in [1.807, 2.05) is 0 Å². The SMILES string of the molecule is FC(F)(F)c1cc(Cl)nc(Nc2c(Cl)cccc2Cl)c1. The highest BCUT2D eigenvalue weighted by molar-refractivity contribution is 6.39. The van der Waals surface area contributed by atoms with Crippen molar-refractivity contribution in [1.29, 1.82) is 0 Å². The Hall–Kier alpha value is -1.17. The van der Waals surface area contributed by atoms with Crippen LogP contribution in [0.3, 0.4) is 0 Å². The van der Waals surface area contributed by atoms with E-state index in [-0.39, 0.29) is 26.7 Å². The Kier molecular flexibility index (Phi) is 4.32. The normalized spacial score (nSPS) is 11.5. The zero-order valence-corrected chi connectivity index (χ0v) is 11.9. The molecule has 1 aromatic heterocycles. The Balaban J connectivity index is 2.42. The number of aromatic nitrogens is 1. The lowest BCUT2D eigenvalue weighted by Crippen LogP contribution is -2.07. The first-order valence-electron chi connectivity index (χ1n) is 5.23. The van der Waals surface area contributed by atoms with Gasteiger partial charge in [0.1, 0.15) is 11.0 Å². The van der Waals surface area contributed by atoms with Crippen molar-refractivity contribution in [3.63, 3.8) is 0 Å². The Morgan fingerprint density at radius 1 is 1.00 bits per heavy atom. The molecule has 1 aromatic carbocycles. The number of hydrogen-bond acceptors (Lipinski definition) is 2. The number of pyridine rings is 1. The molecule has 0 unspecified atom stereocenters. The molecule has 0 saturated heterocycles. The molecule has 0 bridgehead atoms. The van der Waals surface area contributed by atoms with Crippen molar-refractivity contribution in [2.45, 2.75) is 6.18 Å². The number of rotatable bonds is 2. The standard InChI is InChI=1S/C12H6Cl3F3N2/c13-7-2-1-3-8(14)11(7)20-10-5-6(12(16,17)18)4-9(15)19-10/h1-5H,(H,19,20). The highest BCUT2D eigenvalue weighted by Gasteiger charge is 2.31. The lowest BCUT2D eigenvalue weighted by Gasteiger charge is -2.12. The van der Waals surface area contributed by atoms with E-state index in [0.29, 0.717) is 0 Å². The Bertz CT molecular complexity index is 624. The van der Waals surface area contributed by atoms with Crippen LogP contribution in [0.15, 0.2) is 30.3 Å². The first kappa shape index (κ1) is 15.2. The van der Waals surface area contributed by atoms with Crippen LogP contribution in [0.4, 0.5) is 24.7 Å². The van der Waals surface area contributed by atoms with Crippen LogP contribution in [0.25, 0.3) is 0 Å². The summed E-state index contributed by atoms with van der Waals surface area (Å²) >= 11 is 17.4. The average molecular weight is 342 g/mol. The smallest absolute Gasteiger partial charge is 0.338 e. The quantitative estimate of drug-likeness (QED) is 0.698. The number of hydrogen-bond donors (Lipinski definition) is 1. The average Bonchev–Trinajstić information content (AvgIpc) is 2.32. The third kappa shape index (κ3) is 3.48. The lowest BCUT2D eigenvalue weighted by atomic mass is 10.2. The molecule has 0 atom stereocenters. The Morgan fingerprint density at radius 3 is 2.15 bits per heavy atom. The predicted octanol–water partition coefficient (Wildman–Crippen LogP) is 5.80. The van der Waals surface area contributed by atoms with E-state index < -0.39 is 11.7 Å². The van der Waals surface area contributed by atoms with Crippen LogP contribution < -0.4 is 5.32 Å². The summed E-state index contributed by atoms with van der Waals surface area (Å²) in [5, 5.41) is 2.86. The van der Waals surface area contributed by atoms with Gasteiger partial charge in [-0.1, -0.05) is 40.9 Å². The summed E-state index contributed by atoms with van der Waals surface area (Å²) in [5.41, 5.74) is -0.651. The molecule has 20 heavy (non-hydrogen) atoms. The number of alkyl halides is 3. The topological polar surface area (TPSA) is 24.9 Å². The number of para-hydroxylation sites is 1. The van der Waals surface area contributed by atoms with Crippen molar-refractivity contribution in [3.05, 3.63) is 51.1 Å². The maximum atomic E-state index is 12.7. The molecule has 2 nitrogen and oxygen atoms in total. The summed E-state index contributed by atoms with van der Waals surface area (Å²) in [6.07, 6.45) is -4.52. The second-order valence-electron chi connectivity index (χ2n) is 3.78. The summed E-state index contributed by atoms with van der Waals surface area (Å²) in [4.78, 5) is 3.76. The van der Waals surface area contributed by atoms with Crippen LogP contribution in [-0.2, 0) is 6.18 Å². The molecular weight excluding hydrogens is 335 g/mol. The second kappa shape index (κ2) is 5.68. The Morgan fingerprint density at radius 2 is 1.60 bits per heavy atom. The molecule has 1 heterocycles. The molecule has 1 N–H and O–H groups in total. The molecule has 0 fully saturated rings. The maximum absolute atomic E-state index is 12.7. The number of nitrogens with one attached hydrogen (secondary N) is 1. The van der Waals surface area contributed by atoms with Crippen LogP contribution >= 0.6 is 34.8 Å². The van der Waals surface area contributed by atoms with Crippen LogP contribution in [0.1, 0.15) is 5.56 Å². The summed E-state index contributed by atoms with van der Waals surface area (Å²) in [5.74, 6) is -0.0974. The van der Waals surface area contributed by atoms with Crippen molar-refractivity contribution in [2.75, 3.05) is 5.32 Å². The molecule has 0 aliphatic rings. The first-order chi connectivity index (χ1) is 9.27. The largest absolute Gasteiger partial charge is 0.416 e. The molecule has 106 valence electrons. The van der Waals surface area contributed by atoms with Gasteiger partial charge in [-0.05, 0) is 24.3 Å². The van der Waals surface area contributed by atoms with E-state index in [1.165, 1.54) is 0 Å². The van der Waals surface area contributed by atoms with Crippen molar-refractivity contribution in [1.82, 2.24) is 4.98 Å². The monoisotopic (exact) mass is 340 g/mol. The summed E-state index contributed by atoms with van der Waals surface area (Å²) in [6, 6.07) is 6.27. The van der Waals surface area contributed by atoms with Gasteiger partial charge in [-0.3, -0.25) is 0 Å². The molecule has 0 spiro atoms. The maximum Gasteiger partial charge on any atom is 0.416 e. The minimum absolute atomic E-state index is 0.0974. The van der Waals surface area contributed by atoms with E-state index in [1.54, 1.807) is 18.2 Å². The molecule has 8 heteroatoms. The van der Waals surface area contributed by atoms with Gasteiger partial charge in [-0.2, -0.15) is 13.2 Å². The van der Waals surface area contributed by atoms with Crippen LogP contribution in [-0.4, -0.2) is 4.98 Å². The van der Waals surface area contributed by atoms with Gasteiger partial charge in [-0.15, -0.1) is 0 Å². The summed E-state index contributed by atoms with van der Waals surface area (Å²) in [6.45, 7) is 0. The number of nitrogens with zero attached hydrogens (tertiary/aromatic N) is 1. The van der Waals surface area contributed by atoms with E-state index in [9.17, 15) is 13.2 Å². The second-order valence-corrected chi connectivity index (χ2v) is 4.98. The summed E-state index contributed by atoms with van der Waals surface area (Å²) in [7, 11) is 0. The zero-order valence-electron chi connectivity index (χ0n) is 9.60. The van der Waals surface area contributed by atoms with Crippen LogP contribution in [0.5, 0.6) is 0 Å². The molecule has 0 amide bonds. The van der Waals surface area contributed by atoms with Crippen LogP contribution in [0, 0.1) is 0 Å². The highest BCUT2D eigenvalue weighted by atomic mass is 35.5. The first-order valence-corrected chi connectivity index (χ1v) is 6.36. The van der Waals surface area contributed by atoms with E-state index in [0.717, 1.165) is 12.1 Å². The fourth-order valence-electron chi connectivity index (χ4n) is 1.47. The van der Waals surface area contributed by atoms with Crippen molar-refractivity contribution in [2.24, 2.45) is 0 Å². The van der Waals surface area contributed by atoms with Crippen molar-refractivity contribution >= 4 is 46.3 Å². The summed E-state index contributed by atoms with van der Waals surface area (Å²) < 4.78 is 38.0. The van der Waals surface area contributed by atoms with Crippen molar-refractivity contribution in [3.8, 4) is 0 Å². The Labute approximate surface area is 127 Å². The molecule has 0 saturated carbocycles. The van der Waals surface area contributed by atoms with Gasteiger partial charge >= 0.3 is 6.18 Å². The van der Waals surface area contributed by atoms with E-state index >= 15 is 0 Å². The fourth-order valence-corrected chi connectivity index (χ4v) is 2.17. The number of halogens is 6. The minimum Gasteiger partial charge on any atom is -0.338 e. The highest BCUT2D eigenvalue weighted by Crippen LogP contribution is 2.35. The third-order valence-corrected chi connectivity index (χ3v) is 3.16. The van der Waals surface area contributed by atoms with Gasteiger partial charge in [0, 0.05) is 0 Å². The molecule has 0 radical (unpaired) electrons. The van der Waals surface area contributed by atoms with Crippen LogP contribution in [0.2, 0.25) is 15.2 Å². The minimum atomic E-state index is -4.52.